The molecule has 1 N–H and O–H groups in total. The number of rotatable bonds is 4. The van der Waals surface area contributed by atoms with Gasteiger partial charge in [0.1, 0.15) is 11.6 Å². The number of hydrogen-bond donors (Lipinski definition) is 1. The summed E-state index contributed by atoms with van der Waals surface area (Å²) in [5, 5.41) is 6.90. The monoisotopic (exact) mass is 296 g/mol. The van der Waals surface area contributed by atoms with Crippen molar-refractivity contribution in [1.29, 1.82) is 0 Å². The Morgan fingerprint density at radius 3 is 2.85 bits per heavy atom. The summed E-state index contributed by atoms with van der Waals surface area (Å²) >= 11 is 5.90. The highest BCUT2D eigenvalue weighted by molar-refractivity contribution is 6.31. The van der Waals surface area contributed by atoms with Crippen LogP contribution in [0.2, 0.25) is 5.02 Å². The molecule has 0 bridgehead atoms. The van der Waals surface area contributed by atoms with E-state index in [1.807, 2.05) is 0 Å². The predicted octanol–water partition coefficient (Wildman–Crippen LogP) is 2.11. The van der Waals surface area contributed by atoms with Gasteiger partial charge in [-0.2, -0.15) is 5.10 Å². The van der Waals surface area contributed by atoms with E-state index in [0.29, 0.717) is 11.6 Å². The largest absolute Gasteiger partial charge is 0.338 e. The average Bonchev–Trinajstić information content (AvgIpc) is 2.79. The van der Waals surface area contributed by atoms with Crippen LogP contribution in [0.3, 0.4) is 0 Å². The minimum Gasteiger partial charge on any atom is -0.338 e. The molecule has 2 aromatic rings. The van der Waals surface area contributed by atoms with E-state index in [1.165, 1.54) is 17.0 Å². The number of aromatic amines is 1. The second kappa shape index (κ2) is 6.00. The molecular weight excluding hydrogens is 283 g/mol. The number of aryl methyl sites for hydroxylation is 1. The molecule has 0 atom stereocenters. The maximum absolute atomic E-state index is 13.6. The summed E-state index contributed by atoms with van der Waals surface area (Å²) in [6.45, 7) is 2.03. The highest BCUT2D eigenvalue weighted by atomic mass is 35.5. The lowest BCUT2D eigenvalue weighted by molar-refractivity contribution is -0.129. The summed E-state index contributed by atoms with van der Waals surface area (Å²) in [6.07, 6.45) is -0.0919. The van der Waals surface area contributed by atoms with E-state index in [4.69, 9.17) is 11.6 Å². The number of benzene rings is 1. The van der Waals surface area contributed by atoms with E-state index in [0.717, 1.165) is 0 Å². The molecule has 0 aliphatic heterocycles. The first kappa shape index (κ1) is 14.5. The number of nitrogens with zero attached hydrogens (tertiary/aromatic N) is 3. The molecule has 0 unspecified atom stereocenters. The van der Waals surface area contributed by atoms with Crippen LogP contribution in [-0.4, -0.2) is 33.0 Å². The molecule has 2 rings (SSSR count). The molecule has 0 radical (unpaired) electrons. The molecular formula is C13H14ClFN4O. The van der Waals surface area contributed by atoms with E-state index in [2.05, 4.69) is 15.2 Å². The van der Waals surface area contributed by atoms with Gasteiger partial charge in [0.15, 0.2) is 5.82 Å². The summed E-state index contributed by atoms with van der Waals surface area (Å²) in [5.74, 6) is 0.461. The molecule has 1 heterocycles. The van der Waals surface area contributed by atoms with Gasteiger partial charge in [-0.1, -0.05) is 17.7 Å². The molecule has 5 nitrogen and oxygen atoms in total. The second-order valence-electron chi connectivity index (χ2n) is 4.46. The Morgan fingerprint density at radius 2 is 2.25 bits per heavy atom. The van der Waals surface area contributed by atoms with Gasteiger partial charge in [0.2, 0.25) is 5.91 Å². The first-order valence-electron chi connectivity index (χ1n) is 6.02. The molecule has 0 saturated carbocycles. The van der Waals surface area contributed by atoms with Crippen molar-refractivity contribution >= 4 is 17.5 Å². The van der Waals surface area contributed by atoms with Crippen LogP contribution in [0.1, 0.15) is 17.2 Å². The topological polar surface area (TPSA) is 61.9 Å². The lowest BCUT2D eigenvalue weighted by Crippen LogP contribution is -2.28. The van der Waals surface area contributed by atoms with E-state index >= 15 is 0 Å². The van der Waals surface area contributed by atoms with Crippen LogP contribution in [-0.2, 0) is 17.8 Å². The van der Waals surface area contributed by atoms with Gasteiger partial charge in [0.05, 0.1) is 13.0 Å². The Morgan fingerprint density at radius 1 is 1.50 bits per heavy atom. The van der Waals surface area contributed by atoms with Gasteiger partial charge < -0.3 is 4.90 Å². The minimum atomic E-state index is -0.479. The third-order valence-electron chi connectivity index (χ3n) is 2.84. The van der Waals surface area contributed by atoms with Gasteiger partial charge in [0, 0.05) is 17.6 Å². The van der Waals surface area contributed by atoms with Gasteiger partial charge in [-0.15, -0.1) is 0 Å². The van der Waals surface area contributed by atoms with Gasteiger partial charge in [-0.3, -0.25) is 9.89 Å². The number of halogens is 2. The average molecular weight is 297 g/mol. The summed E-state index contributed by atoms with van der Waals surface area (Å²) in [5.41, 5.74) is 0.206. The molecule has 1 amide bonds. The number of nitrogens with one attached hydrogen (secondary N) is 1. The van der Waals surface area contributed by atoms with E-state index in [1.54, 1.807) is 20.0 Å². The molecule has 0 fully saturated rings. The lowest BCUT2D eigenvalue weighted by Gasteiger charge is -2.16. The zero-order valence-corrected chi connectivity index (χ0v) is 11.9. The van der Waals surface area contributed by atoms with Crippen LogP contribution in [0.15, 0.2) is 18.2 Å². The fourth-order valence-electron chi connectivity index (χ4n) is 1.75. The Bertz CT molecular complexity index is 608. The third kappa shape index (κ3) is 3.33. The molecule has 0 saturated heterocycles. The molecule has 0 aliphatic carbocycles. The standard InChI is InChI=1S/C13H14ClFN4O/c1-8-16-12(18-17-8)7-19(2)13(20)6-9-10(14)4-3-5-11(9)15/h3-5H,6-7H2,1-2H3,(H,16,17,18). The zero-order valence-electron chi connectivity index (χ0n) is 11.2. The van der Waals surface area contributed by atoms with Crippen LogP contribution in [0.4, 0.5) is 4.39 Å². The van der Waals surface area contributed by atoms with Gasteiger partial charge in [-0.25, -0.2) is 9.37 Å². The highest BCUT2D eigenvalue weighted by Crippen LogP contribution is 2.20. The fourth-order valence-corrected chi connectivity index (χ4v) is 1.98. The molecule has 0 aliphatic rings. The first-order valence-corrected chi connectivity index (χ1v) is 6.40. The van der Waals surface area contributed by atoms with Gasteiger partial charge >= 0.3 is 0 Å². The van der Waals surface area contributed by atoms with Crippen LogP contribution < -0.4 is 0 Å². The van der Waals surface area contributed by atoms with Crippen molar-refractivity contribution in [3.63, 3.8) is 0 Å². The summed E-state index contributed by atoms with van der Waals surface area (Å²) in [7, 11) is 1.61. The van der Waals surface area contributed by atoms with Crippen molar-refractivity contribution in [3.8, 4) is 0 Å². The molecule has 1 aromatic carbocycles. The molecule has 1 aromatic heterocycles. The summed E-state index contributed by atoms with van der Waals surface area (Å²) in [4.78, 5) is 17.6. The predicted molar refractivity (Wildman–Crippen MR) is 72.7 cm³/mol. The van der Waals surface area contributed by atoms with E-state index in [9.17, 15) is 9.18 Å². The van der Waals surface area contributed by atoms with E-state index in [-0.39, 0.29) is 29.5 Å². The van der Waals surface area contributed by atoms with Crippen molar-refractivity contribution in [3.05, 3.63) is 46.3 Å². The Hall–Kier alpha value is -1.95. The van der Waals surface area contributed by atoms with Crippen LogP contribution >= 0.6 is 11.6 Å². The Kier molecular flexibility index (Phi) is 4.34. The maximum atomic E-state index is 13.6. The number of carbonyl (C=O) groups excluding carboxylic acids is 1. The number of aromatic nitrogens is 3. The number of amides is 1. The quantitative estimate of drug-likeness (QED) is 0.940. The van der Waals surface area contributed by atoms with Crippen molar-refractivity contribution < 1.29 is 9.18 Å². The number of hydrogen-bond acceptors (Lipinski definition) is 3. The molecule has 106 valence electrons. The summed E-state index contributed by atoms with van der Waals surface area (Å²) in [6, 6.07) is 4.35. The molecule has 7 heteroatoms. The first-order chi connectivity index (χ1) is 9.47. The fraction of sp³-hybridized carbons (Fsp3) is 0.308. The third-order valence-corrected chi connectivity index (χ3v) is 3.19. The summed E-state index contributed by atoms with van der Waals surface area (Å²) < 4.78 is 13.6. The van der Waals surface area contributed by atoms with E-state index < -0.39 is 5.82 Å². The Labute approximate surface area is 120 Å². The maximum Gasteiger partial charge on any atom is 0.227 e. The SMILES string of the molecule is Cc1nc(CN(C)C(=O)Cc2c(F)cccc2Cl)n[nH]1. The van der Waals surface area contributed by atoms with Crippen LogP contribution in [0, 0.1) is 12.7 Å². The normalized spacial score (nSPS) is 10.6. The zero-order chi connectivity index (χ0) is 14.7. The number of carbonyl (C=O) groups is 1. The number of likely N-dealkylation sites (N-methyl/N-ethyl adjacent to an activating group) is 1. The molecule has 20 heavy (non-hydrogen) atoms. The van der Waals surface area contributed by atoms with Crippen LogP contribution in [0.25, 0.3) is 0 Å². The second-order valence-corrected chi connectivity index (χ2v) is 4.87. The van der Waals surface area contributed by atoms with Gasteiger partial charge in [0.25, 0.3) is 0 Å². The smallest absolute Gasteiger partial charge is 0.227 e. The van der Waals surface area contributed by atoms with Crippen molar-refractivity contribution in [1.82, 2.24) is 20.1 Å². The highest BCUT2D eigenvalue weighted by Gasteiger charge is 2.16. The van der Waals surface area contributed by atoms with Crippen molar-refractivity contribution in [2.45, 2.75) is 19.9 Å². The number of H-pyrrole nitrogens is 1. The minimum absolute atomic E-state index is 0.0919. The molecule has 0 spiro atoms. The van der Waals surface area contributed by atoms with Gasteiger partial charge in [-0.05, 0) is 19.1 Å². The lowest BCUT2D eigenvalue weighted by atomic mass is 10.1. The van der Waals surface area contributed by atoms with Crippen molar-refractivity contribution in [2.75, 3.05) is 7.05 Å². The van der Waals surface area contributed by atoms with Crippen molar-refractivity contribution in [2.24, 2.45) is 0 Å². The Balaban J connectivity index is 2.04. The van der Waals surface area contributed by atoms with Crippen LogP contribution in [0.5, 0.6) is 0 Å².